The maximum absolute atomic E-state index is 13.3. The van der Waals surface area contributed by atoms with Gasteiger partial charge in [0.25, 0.3) is 11.7 Å². The van der Waals surface area contributed by atoms with Gasteiger partial charge in [-0.05, 0) is 60.0 Å². The van der Waals surface area contributed by atoms with Crippen molar-refractivity contribution in [1.82, 2.24) is 4.90 Å². The summed E-state index contributed by atoms with van der Waals surface area (Å²) in [6.45, 7) is 1.88. The normalized spacial score (nSPS) is 17.7. The molecule has 1 fully saturated rings. The first-order chi connectivity index (χ1) is 15.3. The highest BCUT2D eigenvalue weighted by atomic mass is 79.9. The van der Waals surface area contributed by atoms with Crippen LogP contribution in [0.1, 0.15) is 28.3 Å². The fourth-order valence-electron chi connectivity index (χ4n) is 3.82. The molecule has 0 spiro atoms. The Labute approximate surface area is 192 Å². The molecule has 1 atom stereocenters. The standard InChI is InChI=1S/C25H19BrFNO4/c1-14-11-17(7-10-20(14)26)23(30)21-22(16-3-2-4-19(29)12-16)28(25(32)24(21)31)13-15-5-8-18(27)9-6-15/h2-12,22,29-30H,13H2,1H3/b23-21-. The first-order valence-corrected chi connectivity index (χ1v) is 10.6. The van der Waals surface area contributed by atoms with Gasteiger partial charge in [-0.25, -0.2) is 4.39 Å². The zero-order valence-corrected chi connectivity index (χ0v) is 18.6. The molecule has 1 heterocycles. The average Bonchev–Trinajstić information content (AvgIpc) is 3.01. The minimum atomic E-state index is -0.920. The van der Waals surface area contributed by atoms with Crippen LogP contribution in [0.2, 0.25) is 0 Å². The number of aliphatic hydroxyl groups is 1. The Morgan fingerprint density at radius 1 is 1.06 bits per heavy atom. The maximum atomic E-state index is 13.3. The minimum absolute atomic E-state index is 0.0291. The summed E-state index contributed by atoms with van der Waals surface area (Å²) in [6, 6.07) is 16.0. The number of likely N-dealkylation sites (tertiary alicyclic amines) is 1. The summed E-state index contributed by atoms with van der Waals surface area (Å²) in [6.07, 6.45) is 0. The van der Waals surface area contributed by atoms with Crippen LogP contribution < -0.4 is 0 Å². The van der Waals surface area contributed by atoms with Crippen molar-refractivity contribution in [3.8, 4) is 5.75 Å². The number of hydrogen-bond donors (Lipinski definition) is 2. The largest absolute Gasteiger partial charge is 0.508 e. The molecule has 0 saturated carbocycles. The first-order valence-electron chi connectivity index (χ1n) is 9.84. The summed E-state index contributed by atoms with van der Waals surface area (Å²) in [4.78, 5) is 27.4. The lowest BCUT2D eigenvalue weighted by atomic mass is 9.94. The molecule has 2 N–H and O–H groups in total. The van der Waals surface area contributed by atoms with Gasteiger partial charge in [0.2, 0.25) is 0 Å². The van der Waals surface area contributed by atoms with Gasteiger partial charge in [0, 0.05) is 16.6 Å². The molecule has 0 bridgehead atoms. The second kappa shape index (κ2) is 8.59. The van der Waals surface area contributed by atoms with E-state index in [0.717, 1.165) is 10.0 Å². The third kappa shape index (κ3) is 4.03. The zero-order chi connectivity index (χ0) is 23.0. The molecule has 1 amide bonds. The summed E-state index contributed by atoms with van der Waals surface area (Å²) in [5.41, 5.74) is 2.28. The third-order valence-corrected chi connectivity index (χ3v) is 6.31. The van der Waals surface area contributed by atoms with E-state index in [9.17, 15) is 24.2 Å². The van der Waals surface area contributed by atoms with Crippen molar-refractivity contribution >= 4 is 33.4 Å². The molecule has 7 heteroatoms. The Morgan fingerprint density at radius 3 is 2.44 bits per heavy atom. The van der Waals surface area contributed by atoms with Gasteiger partial charge in [0.15, 0.2) is 0 Å². The molecule has 32 heavy (non-hydrogen) atoms. The number of nitrogens with zero attached hydrogens (tertiary/aromatic N) is 1. The molecular weight excluding hydrogens is 477 g/mol. The number of halogens is 2. The molecule has 1 aliphatic heterocycles. The monoisotopic (exact) mass is 495 g/mol. The summed E-state index contributed by atoms with van der Waals surface area (Å²) >= 11 is 3.41. The van der Waals surface area contributed by atoms with Crippen molar-refractivity contribution in [3.63, 3.8) is 0 Å². The number of carbonyl (C=O) groups excluding carboxylic acids is 2. The van der Waals surface area contributed by atoms with Gasteiger partial charge in [-0.2, -0.15) is 0 Å². The van der Waals surface area contributed by atoms with Gasteiger partial charge in [-0.15, -0.1) is 0 Å². The third-order valence-electron chi connectivity index (χ3n) is 5.42. The van der Waals surface area contributed by atoms with Crippen LogP contribution in [0.3, 0.4) is 0 Å². The number of hydrogen-bond acceptors (Lipinski definition) is 4. The fourth-order valence-corrected chi connectivity index (χ4v) is 4.07. The van der Waals surface area contributed by atoms with Gasteiger partial charge in [-0.3, -0.25) is 9.59 Å². The van der Waals surface area contributed by atoms with Crippen molar-refractivity contribution in [2.45, 2.75) is 19.5 Å². The first kappa shape index (κ1) is 21.8. The quantitative estimate of drug-likeness (QED) is 0.295. The summed E-state index contributed by atoms with van der Waals surface area (Å²) in [7, 11) is 0. The van der Waals surface area contributed by atoms with Crippen LogP contribution in [0.15, 0.2) is 76.8 Å². The molecule has 1 unspecified atom stereocenters. The Kier molecular flexibility index (Phi) is 5.84. The summed E-state index contributed by atoms with van der Waals surface area (Å²) in [5.74, 6) is -2.34. The molecule has 1 saturated heterocycles. The predicted octanol–water partition coefficient (Wildman–Crippen LogP) is 5.22. The minimum Gasteiger partial charge on any atom is -0.508 e. The Bertz CT molecular complexity index is 1250. The number of benzene rings is 3. The van der Waals surface area contributed by atoms with Crippen LogP contribution in [0.4, 0.5) is 4.39 Å². The van der Waals surface area contributed by atoms with Crippen LogP contribution in [-0.4, -0.2) is 26.8 Å². The number of phenols is 1. The highest BCUT2D eigenvalue weighted by Crippen LogP contribution is 2.41. The van der Waals surface area contributed by atoms with Gasteiger partial charge >= 0.3 is 0 Å². The SMILES string of the molecule is Cc1cc(/C(O)=C2/C(=O)C(=O)N(Cc3ccc(F)cc3)C2c2cccc(O)c2)ccc1Br. The van der Waals surface area contributed by atoms with Crippen LogP contribution in [0, 0.1) is 12.7 Å². The van der Waals surface area contributed by atoms with Gasteiger partial charge in [0.1, 0.15) is 17.3 Å². The Hall–Kier alpha value is -3.45. The number of ketones is 1. The molecule has 3 aromatic rings. The van der Waals surface area contributed by atoms with Crippen LogP contribution in [0.25, 0.3) is 5.76 Å². The van der Waals surface area contributed by atoms with E-state index in [-0.39, 0.29) is 23.6 Å². The summed E-state index contributed by atoms with van der Waals surface area (Å²) < 4.78 is 14.2. The van der Waals surface area contributed by atoms with E-state index in [4.69, 9.17) is 0 Å². The lowest BCUT2D eigenvalue weighted by molar-refractivity contribution is -0.140. The van der Waals surface area contributed by atoms with Crippen molar-refractivity contribution < 1.29 is 24.2 Å². The maximum Gasteiger partial charge on any atom is 0.295 e. The second-order valence-electron chi connectivity index (χ2n) is 7.61. The van der Waals surface area contributed by atoms with Crippen molar-refractivity contribution in [1.29, 1.82) is 0 Å². The van der Waals surface area contributed by atoms with E-state index in [2.05, 4.69) is 15.9 Å². The topological polar surface area (TPSA) is 77.8 Å². The van der Waals surface area contributed by atoms with Gasteiger partial charge < -0.3 is 15.1 Å². The van der Waals surface area contributed by atoms with Crippen molar-refractivity contribution in [3.05, 3.63) is 105 Å². The lowest BCUT2D eigenvalue weighted by Gasteiger charge is -2.25. The number of aryl methyl sites for hydroxylation is 1. The number of carbonyl (C=O) groups is 2. The number of rotatable bonds is 4. The van der Waals surface area contributed by atoms with Gasteiger partial charge in [0.05, 0.1) is 11.6 Å². The number of aromatic hydroxyl groups is 1. The van der Waals surface area contributed by atoms with E-state index in [0.29, 0.717) is 16.7 Å². The molecule has 3 aromatic carbocycles. The highest BCUT2D eigenvalue weighted by molar-refractivity contribution is 9.10. The second-order valence-corrected chi connectivity index (χ2v) is 8.47. The van der Waals surface area contributed by atoms with E-state index in [1.54, 1.807) is 30.3 Å². The van der Waals surface area contributed by atoms with Crippen molar-refractivity contribution in [2.75, 3.05) is 0 Å². The molecule has 162 valence electrons. The Balaban J connectivity index is 1.87. The smallest absolute Gasteiger partial charge is 0.295 e. The number of Topliss-reactive ketones (excluding diaryl/α,β-unsaturated/α-hetero) is 1. The van der Waals surface area contributed by atoms with Gasteiger partial charge in [-0.1, -0.05) is 46.3 Å². The molecule has 0 aliphatic carbocycles. The average molecular weight is 496 g/mol. The summed E-state index contributed by atoms with van der Waals surface area (Å²) in [5, 5.41) is 21.1. The molecule has 4 rings (SSSR count). The van der Waals surface area contributed by atoms with Crippen LogP contribution >= 0.6 is 15.9 Å². The zero-order valence-electron chi connectivity index (χ0n) is 17.0. The lowest BCUT2D eigenvalue weighted by Crippen LogP contribution is -2.29. The van der Waals surface area contributed by atoms with Crippen LogP contribution in [0.5, 0.6) is 5.75 Å². The van der Waals surface area contributed by atoms with Crippen LogP contribution in [-0.2, 0) is 16.1 Å². The van der Waals surface area contributed by atoms with E-state index in [1.165, 1.54) is 41.3 Å². The van der Waals surface area contributed by atoms with E-state index in [1.807, 2.05) is 6.92 Å². The van der Waals surface area contributed by atoms with E-state index < -0.39 is 23.5 Å². The molecule has 0 radical (unpaired) electrons. The molecule has 1 aliphatic rings. The Morgan fingerprint density at radius 2 is 1.78 bits per heavy atom. The molecule has 5 nitrogen and oxygen atoms in total. The number of amides is 1. The molecule has 0 aromatic heterocycles. The van der Waals surface area contributed by atoms with Crippen molar-refractivity contribution in [2.24, 2.45) is 0 Å². The molecular formula is C25H19BrFNO4. The highest BCUT2D eigenvalue weighted by Gasteiger charge is 2.46. The number of phenolic OH excluding ortho intramolecular Hbond substituents is 1. The number of aliphatic hydroxyl groups excluding tert-OH is 1. The predicted molar refractivity (Wildman–Crippen MR) is 121 cm³/mol. The fraction of sp³-hybridized carbons (Fsp3) is 0.120. The van der Waals surface area contributed by atoms with E-state index >= 15 is 0 Å².